The molecule has 0 aliphatic carbocycles. The van der Waals surface area contributed by atoms with Crippen LogP contribution in [-0.4, -0.2) is 20.7 Å². The Balaban J connectivity index is 1.39. The summed E-state index contributed by atoms with van der Waals surface area (Å²) in [7, 11) is 0. The average Bonchev–Trinajstić information content (AvgIpc) is 3.39. The Bertz CT molecular complexity index is 855. The molecule has 1 amide bonds. The van der Waals surface area contributed by atoms with Gasteiger partial charge in [0, 0.05) is 25.3 Å². The maximum atomic E-state index is 12.5. The fraction of sp³-hybridized carbons (Fsp3) is 0.350. The molecule has 3 heterocycles. The van der Waals surface area contributed by atoms with Gasteiger partial charge in [-0.1, -0.05) is 30.3 Å². The molecule has 6 heteroatoms. The molecule has 1 aromatic carbocycles. The summed E-state index contributed by atoms with van der Waals surface area (Å²) in [5.74, 6) is 2.71. The minimum atomic E-state index is -0.00215. The van der Waals surface area contributed by atoms with Crippen molar-refractivity contribution in [3.63, 3.8) is 0 Å². The molecule has 0 saturated carbocycles. The second-order valence-corrected chi connectivity index (χ2v) is 6.67. The highest BCUT2D eigenvalue weighted by Gasteiger charge is 2.21. The third-order valence-electron chi connectivity index (χ3n) is 4.83. The van der Waals surface area contributed by atoms with Crippen LogP contribution in [0.4, 0.5) is 0 Å². The molecule has 1 atom stereocenters. The van der Waals surface area contributed by atoms with E-state index in [1.807, 2.05) is 30.3 Å². The molecule has 1 N–H and O–H groups in total. The lowest BCUT2D eigenvalue weighted by atomic mass is 9.93. The van der Waals surface area contributed by atoms with Crippen molar-refractivity contribution in [2.24, 2.45) is 0 Å². The van der Waals surface area contributed by atoms with Crippen LogP contribution in [0.2, 0.25) is 0 Å². The Kier molecular flexibility index (Phi) is 4.82. The Morgan fingerprint density at radius 3 is 2.88 bits per heavy atom. The number of nitrogens with one attached hydrogen (secondary N) is 1. The standard InChI is InChI=1S/C20H22N4O2/c25-20(21-14-19-23-22-18-9-4-10-24(18)19)13-16(17-8-5-11-26-17)12-15-6-2-1-3-7-15/h1-3,5-8,11,16H,4,9-10,12-14H2,(H,21,25). The maximum absolute atomic E-state index is 12.5. The molecule has 0 fully saturated rings. The second kappa shape index (κ2) is 7.56. The van der Waals surface area contributed by atoms with Gasteiger partial charge in [-0.15, -0.1) is 10.2 Å². The van der Waals surface area contributed by atoms with Crippen LogP contribution in [0, 0.1) is 0 Å². The molecular formula is C20H22N4O2. The molecule has 134 valence electrons. The van der Waals surface area contributed by atoms with Gasteiger partial charge in [0.1, 0.15) is 11.6 Å². The number of carbonyl (C=O) groups is 1. The number of furan rings is 1. The Hall–Kier alpha value is -2.89. The van der Waals surface area contributed by atoms with E-state index in [-0.39, 0.29) is 11.8 Å². The molecule has 6 nitrogen and oxygen atoms in total. The Morgan fingerprint density at radius 2 is 2.08 bits per heavy atom. The summed E-state index contributed by atoms with van der Waals surface area (Å²) in [6.07, 6.45) is 4.87. The number of rotatable bonds is 7. The van der Waals surface area contributed by atoms with Gasteiger partial charge in [-0.05, 0) is 30.5 Å². The van der Waals surface area contributed by atoms with E-state index in [0.29, 0.717) is 13.0 Å². The summed E-state index contributed by atoms with van der Waals surface area (Å²) >= 11 is 0. The van der Waals surface area contributed by atoms with E-state index in [9.17, 15) is 4.79 Å². The van der Waals surface area contributed by atoms with E-state index in [0.717, 1.165) is 43.2 Å². The first kappa shape index (κ1) is 16.6. The summed E-state index contributed by atoms with van der Waals surface area (Å²) in [6, 6.07) is 14.0. The summed E-state index contributed by atoms with van der Waals surface area (Å²) in [5.41, 5.74) is 1.19. The Morgan fingerprint density at radius 1 is 1.19 bits per heavy atom. The van der Waals surface area contributed by atoms with E-state index in [1.54, 1.807) is 6.26 Å². The molecule has 3 aromatic rings. The van der Waals surface area contributed by atoms with E-state index in [2.05, 4.69) is 32.2 Å². The zero-order valence-electron chi connectivity index (χ0n) is 14.6. The van der Waals surface area contributed by atoms with Crippen LogP contribution >= 0.6 is 0 Å². The molecule has 0 saturated heterocycles. The van der Waals surface area contributed by atoms with Crippen LogP contribution < -0.4 is 5.32 Å². The minimum Gasteiger partial charge on any atom is -0.469 e. The van der Waals surface area contributed by atoms with Crippen LogP contribution in [0.5, 0.6) is 0 Å². The predicted molar refractivity (Wildman–Crippen MR) is 96.4 cm³/mol. The third kappa shape index (κ3) is 3.69. The van der Waals surface area contributed by atoms with Gasteiger partial charge in [0.2, 0.25) is 5.91 Å². The lowest BCUT2D eigenvalue weighted by Crippen LogP contribution is -2.26. The zero-order valence-corrected chi connectivity index (χ0v) is 14.6. The number of nitrogens with zero attached hydrogens (tertiary/aromatic N) is 3. The van der Waals surface area contributed by atoms with E-state index in [4.69, 9.17) is 4.42 Å². The lowest BCUT2D eigenvalue weighted by molar-refractivity contribution is -0.121. The molecular weight excluding hydrogens is 328 g/mol. The van der Waals surface area contributed by atoms with Crippen molar-refractivity contribution in [2.45, 2.75) is 44.7 Å². The molecule has 1 unspecified atom stereocenters. The summed E-state index contributed by atoms with van der Waals surface area (Å²) in [5, 5.41) is 11.4. The highest BCUT2D eigenvalue weighted by molar-refractivity contribution is 5.76. The summed E-state index contributed by atoms with van der Waals surface area (Å²) < 4.78 is 7.68. The number of benzene rings is 1. The second-order valence-electron chi connectivity index (χ2n) is 6.67. The number of fused-ring (bicyclic) bond motifs is 1. The SMILES string of the molecule is O=C(CC(Cc1ccccc1)c1ccco1)NCc1nnc2n1CCC2. The molecule has 0 radical (unpaired) electrons. The van der Waals surface area contributed by atoms with Gasteiger partial charge in [0.05, 0.1) is 12.8 Å². The first-order valence-corrected chi connectivity index (χ1v) is 9.04. The number of aryl methyl sites for hydroxylation is 1. The van der Waals surface area contributed by atoms with Crippen molar-refractivity contribution in [2.75, 3.05) is 0 Å². The number of aromatic nitrogens is 3. The van der Waals surface area contributed by atoms with Crippen LogP contribution in [0.25, 0.3) is 0 Å². The van der Waals surface area contributed by atoms with Crippen molar-refractivity contribution in [1.29, 1.82) is 0 Å². The van der Waals surface area contributed by atoms with Crippen LogP contribution in [0.3, 0.4) is 0 Å². The molecule has 1 aliphatic rings. The normalized spacial score (nSPS) is 14.2. The largest absolute Gasteiger partial charge is 0.469 e. The van der Waals surface area contributed by atoms with Gasteiger partial charge < -0.3 is 14.3 Å². The molecule has 0 spiro atoms. The number of hydrogen-bond acceptors (Lipinski definition) is 4. The quantitative estimate of drug-likeness (QED) is 0.711. The van der Waals surface area contributed by atoms with Gasteiger partial charge in [-0.2, -0.15) is 0 Å². The first-order valence-electron chi connectivity index (χ1n) is 9.04. The van der Waals surface area contributed by atoms with Crippen molar-refractivity contribution in [1.82, 2.24) is 20.1 Å². The molecule has 1 aliphatic heterocycles. The van der Waals surface area contributed by atoms with Crippen LogP contribution in [-0.2, 0) is 30.7 Å². The highest BCUT2D eigenvalue weighted by Crippen LogP contribution is 2.25. The van der Waals surface area contributed by atoms with Crippen molar-refractivity contribution in [3.05, 3.63) is 71.7 Å². The first-order chi connectivity index (χ1) is 12.8. The van der Waals surface area contributed by atoms with Gasteiger partial charge in [-0.3, -0.25) is 4.79 Å². The van der Waals surface area contributed by atoms with Gasteiger partial charge in [0.15, 0.2) is 5.82 Å². The van der Waals surface area contributed by atoms with Crippen LogP contribution in [0.1, 0.15) is 41.7 Å². The Labute approximate surface area is 152 Å². The molecule has 0 bridgehead atoms. The fourth-order valence-corrected chi connectivity index (χ4v) is 3.51. The highest BCUT2D eigenvalue weighted by atomic mass is 16.3. The van der Waals surface area contributed by atoms with Gasteiger partial charge in [0.25, 0.3) is 0 Å². The topological polar surface area (TPSA) is 73.0 Å². The number of carbonyl (C=O) groups excluding carboxylic acids is 1. The predicted octanol–water partition coefficient (Wildman–Crippen LogP) is 2.85. The minimum absolute atomic E-state index is 0.00215. The lowest BCUT2D eigenvalue weighted by Gasteiger charge is -2.15. The third-order valence-corrected chi connectivity index (χ3v) is 4.83. The maximum Gasteiger partial charge on any atom is 0.221 e. The smallest absolute Gasteiger partial charge is 0.221 e. The van der Waals surface area contributed by atoms with Crippen molar-refractivity contribution >= 4 is 5.91 Å². The summed E-state index contributed by atoms with van der Waals surface area (Å²) in [4.78, 5) is 12.5. The van der Waals surface area contributed by atoms with Crippen LogP contribution in [0.15, 0.2) is 53.1 Å². The van der Waals surface area contributed by atoms with E-state index < -0.39 is 0 Å². The summed E-state index contributed by atoms with van der Waals surface area (Å²) in [6.45, 7) is 1.36. The van der Waals surface area contributed by atoms with E-state index >= 15 is 0 Å². The molecule has 2 aromatic heterocycles. The van der Waals surface area contributed by atoms with Gasteiger partial charge >= 0.3 is 0 Å². The molecule has 4 rings (SSSR count). The van der Waals surface area contributed by atoms with Gasteiger partial charge in [-0.25, -0.2) is 0 Å². The van der Waals surface area contributed by atoms with Crippen molar-refractivity contribution in [3.8, 4) is 0 Å². The number of amides is 1. The zero-order chi connectivity index (χ0) is 17.8. The molecule has 26 heavy (non-hydrogen) atoms. The monoisotopic (exact) mass is 350 g/mol. The fourth-order valence-electron chi connectivity index (χ4n) is 3.51. The van der Waals surface area contributed by atoms with Crippen molar-refractivity contribution < 1.29 is 9.21 Å². The number of hydrogen-bond donors (Lipinski definition) is 1. The average molecular weight is 350 g/mol. The van der Waals surface area contributed by atoms with E-state index in [1.165, 1.54) is 5.56 Å².